The number of aromatic nitrogens is 1. The number of aliphatic imine (C=N–C) groups is 1. The molecule has 1 aliphatic carbocycles. The van der Waals surface area contributed by atoms with Gasteiger partial charge in [0.05, 0.1) is 12.6 Å². The molecule has 13 heteroatoms. The molecule has 6 rings (SSSR count). The second-order valence-corrected chi connectivity index (χ2v) is 16.3. The van der Waals surface area contributed by atoms with Crippen LogP contribution in [0.3, 0.4) is 0 Å². The second kappa shape index (κ2) is 21.4. The number of nitrogens with zero attached hydrogens (tertiary/aromatic N) is 3. The zero-order chi connectivity index (χ0) is 41.6. The van der Waals surface area contributed by atoms with Gasteiger partial charge in [0.25, 0.3) is 0 Å². The lowest BCUT2D eigenvalue weighted by Gasteiger charge is -2.26. The number of amides is 4. The summed E-state index contributed by atoms with van der Waals surface area (Å²) in [5, 5.41) is 13.1. The third-order valence-electron chi connectivity index (χ3n) is 11.6. The molecular weight excluding hydrogens is 743 g/mol. The number of hydrogen-bond acceptors (Lipinski definition) is 6. The number of fused-ring (bicyclic) bond motifs is 1. The summed E-state index contributed by atoms with van der Waals surface area (Å²) in [6.07, 6.45) is 12.7. The number of ether oxygens (including phenoxy) is 1. The molecule has 0 spiro atoms. The Hall–Kier alpha value is -5.56. The van der Waals surface area contributed by atoms with Gasteiger partial charge in [-0.15, -0.1) is 0 Å². The van der Waals surface area contributed by atoms with Crippen molar-refractivity contribution in [1.29, 1.82) is 0 Å². The van der Waals surface area contributed by atoms with Crippen molar-refractivity contribution in [2.24, 2.45) is 22.4 Å². The number of carbonyl (C=O) groups is 3. The molecule has 0 unspecified atom stereocenters. The van der Waals surface area contributed by atoms with E-state index >= 15 is 0 Å². The van der Waals surface area contributed by atoms with Crippen LogP contribution in [0, 0.1) is 12.8 Å². The summed E-state index contributed by atoms with van der Waals surface area (Å²) >= 11 is 0. The number of likely N-dealkylation sites (tertiary alicyclic amines) is 1. The summed E-state index contributed by atoms with van der Waals surface area (Å²) in [6, 6.07) is 19.5. The minimum Gasteiger partial charge on any atom is -0.497 e. The Morgan fingerprint density at radius 2 is 1.61 bits per heavy atom. The van der Waals surface area contributed by atoms with E-state index in [0.29, 0.717) is 49.8 Å². The Labute approximate surface area is 348 Å². The number of nitrogens with one attached hydrogen (secondary N) is 4. The van der Waals surface area contributed by atoms with E-state index in [2.05, 4.69) is 79.2 Å². The number of nitrogens with two attached hydrogens (primary N) is 2. The molecule has 2 fully saturated rings. The van der Waals surface area contributed by atoms with Crippen LogP contribution >= 0.6 is 0 Å². The van der Waals surface area contributed by atoms with E-state index in [-0.39, 0.29) is 18.3 Å². The van der Waals surface area contributed by atoms with Crippen LogP contribution in [0.15, 0.2) is 77.9 Å². The fourth-order valence-corrected chi connectivity index (χ4v) is 8.40. The fraction of sp³-hybridized carbons (Fsp3) is 0.478. The monoisotopic (exact) mass is 806 g/mol. The number of urea groups is 1. The SMILES string of the molecule is COc1ccc(C[C@H](NC(=O)Nc2ccc3c(CN4CCCCC4)cn(Cc4cccc(C)c4)c3c2)C(=O)N[C@@H](CCCN=C(N)N)C(=O)NCC2CCCCC2)cc1. The largest absolute Gasteiger partial charge is 0.497 e. The molecule has 8 N–H and O–H groups in total. The van der Waals surface area contributed by atoms with Gasteiger partial charge in [-0.1, -0.05) is 73.7 Å². The van der Waals surface area contributed by atoms with Gasteiger partial charge in [0.2, 0.25) is 11.8 Å². The maximum atomic E-state index is 14.2. The molecule has 13 nitrogen and oxygen atoms in total. The maximum Gasteiger partial charge on any atom is 0.319 e. The molecule has 4 amide bonds. The van der Waals surface area contributed by atoms with E-state index in [4.69, 9.17) is 16.2 Å². The molecule has 1 saturated carbocycles. The number of aryl methyl sites for hydroxylation is 1. The number of hydrogen-bond donors (Lipinski definition) is 6. The smallest absolute Gasteiger partial charge is 0.319 e. The molecule has 1 aromatic heterocycles. The lowest BCUT2D eigenvalue weighted by Crippen LogP contribution is -2.55. The Morgan fingerprint density at radius 3 is 2.34 bits per heavy atom. The van der Waals surface area contributed by atoms with Crippen molar-refractivity contribution in [3.05, 3.63) is 95.2 Å². The number of rotatable bonds is 18. The fourth-order valence-electron chi connectivity index (χ4n) is 8.40. The quantitative estimate of drug-likeness (QED) is 0.0408. The first-order valence-electron chi connectivity index (χ1n) is 21.4. The van der Waals surface area contributed by atoms with Crippen LogP contribution in [0.4, 0.5) is 10.5 Å². The van der Waals surface area contributed by atoms with Gasteiger partial charge in [-0.2, -0.15) is 0 Å². The van der Waals surface area contributed by atoms with Crippen molar-refractivity contribution in [2.45, 2.75) is 103 Å². The Morgan fingerprint density at radius 1 is 0.847 bits per heavy atom. The van der Waals surface area contributed by atoms with Gasteiger partial charge in [-0.3, -0.25) is 19.5 Å². The van der Waals surface area contributed by atoms with E-state index in [0.717, 1.165) is 61.8 Å². The molecule has 59 heavy (non-hydrogen) atoms. The predicted molar refractivity (Wildman–Crippen MR) is 235 cm³/mol. The average Bonchev–Trinajstić information content (AvgIpc) is 3.56. The molecular formula is C46H63N9O4. The number of benzene rings is 3. The average molecular weight is 806 g/mol. The minimum atomic E-state index is -1.00. The number of methoxy groups -OCH3 is 1. The minimum absolute atomic E-state index is 0.0291. The molecule has 4 aromatic rings. The third kappa shape index (κ3) is 13.0. The molecule has 2 atom stereocenters. The molecule has 2 aliphatic rings. The van der Waals surface area contributed by atoms with Crippen molar-refractivity contribution in [3.63, 3.8) is 0 Å². The number of carbonyl (C=O) groups excluding carboxylic acids is 3. The van der Waals surface area contributed by atoms with Crippen LogP contribution in [0.2, 0.25) is 0 Å². The predicted octanol–water partition coefficient (Wildman–Crippen LogP) is 5.96. The van der Waals surface area contributed by atoms with E-state index in [9.17, 15) is 14.4 Å². The first-order chi connectivity index (χ1) is 28.6. The van der Waals surface area contributed by atoms with Crippen LogP contribution in [-0.4, -0.2) is 78.6 Å². The third-order valence-corrected chi connectivity index (χ3v) is 11.6. The van der Waals surface area contributed by atoms with Crippen LogP contribution in [0.25, 0.3) is 10.9 Å². The Balaban J connectivity index is 1.20. The van der Waals surface area contributed by atoms with E-state index < -0.39 is 24.0 Å². The van der Waals surface area contributed by atoms with Gasteiger partial charge in [0.1, 0.15) is 17.8 Å². The van der Waals surface area contributed by atoms with Crippen molar-refractivity contribution in [3.8, 4) is 5.75 Å². The Kier molecular flexibility index (Phi) is 15.6. The standard InChI is InChI=1S/C46H63N9O4/c1-32-11-9-14-35(25-32)29-55-31-36(30-54-23-7-4-8-24-54)39-21-18-37(27-42(39)55)51-46(58)53-41(26-33-16-19-38(59-2)20-17-33)44(57)52-40(15-10-22-49-45(47)48)43(56)50-28-34-12-5-3-6-13-34/h9,11,14,16-21,25,27,31,34,40-41H,3-8,10,12-13,15,22-24,26,28-30H2,1-2H3,(H,50,56)(H,52,57)(H4,47,48,49)(H2,51,53,58)/t40-,41-/m0/s1. The molecule has 1 saturated heterocycles. The van der Waals surface area contributed by atoms with Crippen LogP contribution in [0.1, 0.15) is 86.5 Å². The first kappa shape index (κ1) is 43.0. The highest BCUT2D eigenvalue weighted by Gasteiger charge is 2.28. The second-order valence-electron chi connectivity index (χ2n) is 16.3. The van der Waals surface area contributed by atoms with Crippen molar-refractivity contribution < 1.29 is 19.1 Å². The summed E-state index contributed by atoms with van der Waals surface area (Å²) in [5.41, 5.74) is 17.2. The van der Waals surface area contributed by atoms with Crippen molar-refractivity contribution in [1.82, 2.24) is 25.4 Å². The molecule has 0 radical (unpaired) electrons. The lowest BCUT2D eigenvalue weighted by atomic mass is 9.89. The van der Waals surface area contributed by atoms with E-state index in [1.165, 1.54) is 42.4 Å². The summed E-state index contributed by atoms with van der Waals surface area (Å²) in [6.45, 7) is 6.75. The van der Waals surface area contributed by atoms with E-state index in [1.54, 1.807) is 7.11 Å². The highest BCUT2D eigenvalue weighted by molar-refractivity contribution is 5.97. The molecule has 0 bridgehead atoms. The highest BCUT2D eigenvalue weighted by Crippen LogP contribution is 2.28. The number of anilines is 1. The van der Waals surface area contributed by atoms with Gasteiger partial charge in [-0.25, -0.2) is 4.79 Å². The van der Waals surface area contributed by atoms with Gasteiger partial charge < -0.3 is 42.0 Å². The molecule has 1 aliphatic heterocycles. The van der Waals surface area contributed by atoms with Crippen LogP contribution in [0.5, 0.6) is 5.75 Å². The van der Waals surface area contributed by atoms with Gasteiger partial charge in [0, 0.05) is 49.9 Å². The molecule has 2 heterocycles. The summed E-state index contributed by atoms with van der Waals surface area (Å²) in [5.74, 6) is 0.337. The Bertz CT molecular complexity index is 2030. The lowest BCUT2D eigenvalue weighted by molar-refractivity contribution is -0.130. The van der Waals surface area contributed by atoms with Crippen molar-refractivity contribution >= 4 is 40.4 Å². The molecule has 316 valence electrons. The number of piperidine rings is 1. The van der Waals surface area contributed by atoms with Gasteiger partial charge >= 0.3 is 6.03 Å². The highest BCUT2D eigenvalue weighted by atomic mass is 16.5. The zero-order valence-electron chi connectivity index (χ0n) is 34.8. The van der Waals surface area contributed by atoms with Gasteiger partial charge in [0.15, 0.2) is 5.96 Å². The van der Waals surface area contributed by atoms with Crippen LogP contribution in [-0.2, 0) is 29.1 Å². The number of guanidine groups is 1. The van der Waals surface area contributed by atoms with Crippen molar-refractivity contribution in [2.75, 3.05) is 38.6 Å². The first-order valence-corrected chi connectivity index (χ1v) is 21.4. The maximum absolute atomic E-state index is 14.2. The summed E-state index contributed by atoms with van der Waals surface area (Å²) in [4.78, 5) is 48.2. The zero-order valence-corrected chi connectivity index (χ0v) is 34.8. The summed E-state index contributed by atoms with van der Waals surface area (Å²) in [7, 11) is 1.59. The van der Waals surface area contributed by atoms with Crippen LogP contribution < -0.4 is 37.5 Å². The topological polar surface area (TPSA) is 181 Å². The van der Waals surface area contributed by atoms with E-state index in [1.807, 2.05) is 36.4 Å². The summed E-state index contributed by atoms with van der Waals surface area (Å²) < 4.78 is 7.61. The van der Waals surface area contributed by atoms with Gasteiger partial charge in [-0.05, 0) is 105 Å². The normalized spacial score (nSPS) is 15.8. The molecule has 3 aromatic carbocycles.